The van der Waals surface area contributed by atoms with Gasteiger partial charge >= 0.3 is 0 Å². The van der Waals surface area contributed by atoms with E-state index in [0.29, 0.717) is 40.9 Å². The summed E-state index contributed by atoms with van der Waals surface area (Å²) in [6.07, 6.45) is 3.96. The van der Waals surface area contributed by atoms with Gasteiger partial charge in [-0.1, -0.05) is 6.07 Å². The number of hydrogen-bond donors (Lipinski definition) is 1. The average molecular weight is 442 g/mol. The molecule has 0 unspecified atom stereocenters. The number of methoxy groups -OCH3 is 1. The van der Waals surface area contributed by atoms with Gasteiger partial charge in [-0.05, 0) is 51.0 Å². The maximum absolute atomic E-state index is 13.2. The van der Waals surface area contributed by atoms with Crippen LogP contribution in [-0.2, 0) is 20.2 Å². The van der Waals surface area contributed by atoms with Crippen LogP contribution in [0.3, 0.4) is 0 Å². The van der Waals surface area contributed by atoms with Gasteiger partial charge in [-0.15, -0.1) is 0 Å². The average Bonchev–Trinajstić information content (AvgIpc) is 3.54. The van der Waals surface area contributed by atoms with Gasteiger partial charge in [0, 0.05) is 29.4 Å². The van der Waals surface area contributed by atoms with E-state index >= 15 is 0 Å². The zero-order valence-corrected chi connectivity index (χ0v) is 18.3. The highest BCUT2D eigenvalue weighted by molar-refractivity contribution is 7.90. The molecule has 0 atom stereocenters. The molecular formula is C22H23N3O5S. The van der Waals surface area contributed by atoms with Crippen molar-refractivity contribution in [2.75, 3.05) is 7.11 Å². The smallest absolute Gasteiger partial charge is 0.264 e. The highest BCUT2D eigenvalue weighted by Crippen LogP contribution is 2.52. The Hall–Kier alpha value is -3.20. The molecule has 2 aromatic heterocycles. The predicted molar refractivity (Wildman–Crippen MR) is 115 cm³/mol. The van der Waals surface area contributed by atoms with Crippen molar-refractivity contribution in [2.45, 2.75) is 43.1 Å². The van der Waals surface area contributed by atoms with Gasteiger partial charge in [0.1, 0.15) is 5.75 Å². The molecule has 0 saturated heterocycles. The van der Waals surface area contributed by atoms with Gasteiger partial charge in [0.15, 0.2) is 0 Å². The standard InChI is InChI=1S/C22H23N3O5S/c1-14(2)30-18-12-20(29-3)24-13-16(18)22(9-10-22)21(26)25-31(27,28)19-8-4-7-17-15(19)6-5-11-23-17/h4-8,11-14H,9-10H2,1-3H3,(H,25,26). The Kier molecular flexibility index (Phi) is 5.30. The minimum Gasteiger partial charge on any atom is -0.490 e. The molecule has 8 nitrogen and oxygen atoms in total. The number of amides is 1. The number of rotatable bonds is 7. The molecule has 1 aliphatic carbocycles. The Morgan fingerprint density at radius 3 is 2.61 bits per heavy atom. The summed E-state index contributed by atoms with van der Waals surface area (Å²) >= 11 is 0. The molecule has 1 aromatic carbocycles. The van der Waals surface area contributed by atoms with Crippen molar-refractivity contribution in [3.8, 4) is 11.6 Å². The number of benzene rings is 1. The van der Waals surface area contributed by atoms with Gasteiger partial charge in [-0.3, -0.25) is 9.78 Å². The molecule has 1 fully saturated rings. The molecule has 0 radical (unpaired) electrons. The summed E-state index contributed by atoms with van der Waals surface area (Å²) in [7, 11) is -2.62. The van der Waals surface area contributed by atoms with Gasteiger partial charge in [-0.25, -0.2) is 18.1 Å². The zero-order chi connectivity index (χ0) is 22.2. The number of ether oxygens (including phenoxy) is 2. The van der Waals surface area contributed by atoms with Gasteiger partial charge in [-0.2, -0.15) is 0 Å². The Labute approximate surface area is 180 Å². The molecule has 0 spiro atoms. The van der Waals surface area contributed by atoms with Crippen LogP contribution in [0.4, 0.5) is 0 Å². The lowest BCUT2D eigenvalue weighted by Crippen LogP contribution is -2.39. The van der Waals surface area contributed by atoms with Crippen molar-refractivity contribution >= 4 is 26.8 Å². The minimum absolute atomic E-state index is 0.00811. The fourth-order valence-corrected chi connectivity index (χ4v) is 4.84. The molecule has 4 rings (SSSR count). The number of hydrogen-bond acceptors (Lipinski definition) is 7. The highest BCUT2D eigenvalue weighted by Gasteiger charge is 2.54. The molecule has 31 heavy (non-hydrogen) atoms. The molecule has 1 saturated carbocycles. The number of fused-ring (bicyclic) bond motifs is 1. The van der Waals surface area contributed by atoms with Crippen molar-refractivity contribution in [1.29, 1.82) is 0 Å². The molecule has 1 N–H and O–H groups in total. The van der Waals surface area contributed by atoms with E-state index in [0.717, 1.165) is 0 Å². The molecule has 0 aliphatic heterocycles. The van der Waals surface area contributed by atoms with E-state index in [9.17, 15) is 13.2 Å². The largest absolute Gasteiger partial charge is 0.490 e. The van der Waals surface area contributed by atoms with Crippen LogP contribution in [0.2, 0.25) is 0 Å². The minimum atomic E-state index is -4.11. The van der Waals surface area contributed by atoms with E-state index in [1.54, 1.807) is 36.5 Å². The van der Waals surface area contributed by atoms with Crippen LogP contribution in [0.1, 0.15) is 32.3 Å². The van der Waals surface area contributed by atoms with Crippen molar-refractivity contribution in [3.63, 3.8) is 0 Å². The van der Waals surface area contributed by atoms with Crippen LogP contribution >= 0.6 is 0 Å². The Balaban J connectivity index is 1.69. The van der Waals surface area contributed by atoms with Crippen LogP contribution in [-0.4, -0.2) is 37.5 Å². The summed E-state index contributed by atoms with van der Waals surface area (Å²) in [5, 5.41) is 0.449. The van der Waals surface area contributed by atoms with E-state index in [-0.39, 0.29) is 11.0 Å². The van der Waals surface area contributed by atoms with Crippen molar-refractivity contribution in [3.05, 3.63) is 54.4 Å². The Morgan fingerprint density at radius 1 is 1.16 bits per heavy atom. The van der Waals surface area contributed by atoms with Gasteiger partial charge < -0.3 is 9.47 Å². The summed E-state index contributed by atoms with van der Waals surface area (Å²) < 4.78 is 39.5. The van der Waals surface area contributed by atoms with Crippen LogP contribution in [0.5, 0.6) is 11.6 Å². The lowest BCUT2D eigenvalue weighted by molar-refractivity contribution is -0.121. The topological polar surface area (TPSA) is 107 Å². The first-order valence-electron chi connectivity index (χ1n) is 9.89. The van der Waals surface area contributed by atoms with E-state index in [1.807, 2.05) is 13.8 Å². The molecule has 1 amide bonds. The third-order valence-corrected chi connectivity index (χ3v) is 6.62. The third kappa shape index (κ3) is 3.93. The van der Waals surface area contributed by atoms with Crippen LogP contribution in [0, 0.1) is 0 Å². The fourth-order valence-electron chi connectivity index (χ4n) is 3.57. The number of aromatic nitrogens is 2. The van der Waals surface area contributed by atoms with Crippen LogP contribution in [0.15, 0.2) is 53.7 Å². The fraction of sp³-hybridized carbons (Fsp3) is 0.318. The molecule has 9 heteroatoms. The summed E-state index contributed by atoms with van der Waals surface area (Å²) in [4.78, 5) is 21.6. The first-order valence-corrected chi connectivity index (χ1v) is 11.4. The lowest BCUT2D eigenvalue weighted by Gasteiger charge is -2.21. The zero-order valence-electron chi connectivity index (χ0n) is 17.5. The monoisotopic (exact) mass is 441 g/mol. The highest BCUT2D eigenvalue weighted by atomic mass is 32.2. The lowest BCUT2D eigenvalue weighted by atomic mass is 9.96. The number of pyridine rings is 2. The molecule has 3 aromatic rings. The number of carbonyl (C=O) groups excluding carboxylic acids is 1. The quantitative estimate of drug-likeness (QED) is 0.601. The maximum Gasteiger partial charge on any atom is 0.264 e. The van der Waals surface area contributed by atoms with Crippen molar-refractivity contribution < 1.29 is 22.7 Å². The van der Waals surface area contributed by atoms with Gasteiger partial charge in [0.2, 0.25) is 11.8 Å². The normalized spacial score (nSPS) is 15.0. The van der Waals surface area contributed by atoms with Gasteiger partial charge in [0.05, 0.1) is 29.0 Å². The second-order valence-corrected chi connectivity index (χ2v) is 9.38. The summed E-state index contributed by atoms with van der Waals surface area (Å²) in [5.74, 6) is 0.210. The maximum atomic E-state index is 13.2. The summed E-state index contributed by atoms with van der Waals surface area (Å²) in [6.45, 7) is 3.74. The van der Waals surface area contributed by atoms with Gasteiger partial charge in [0.25, 0.3) is 10.0 Å². The second-order valence-electron chi connectivity index (χ2n) is 7.73. The van der Waals surface area contributed by atoms with E-state index < -0.39 is 21.3 Å². The predicted octanol–water partition coefficient (Wildman–Crippen LogP) is 2.96. The SMILES string of the molecule is COc1cc(OC(C)C)c(C2(C(=O)NS(=O)(=O)c3cccc4ncccc34)CC2)cn1. The summed E-state index contributed by atoms with van der Waals surface area (Å²) in [5.41, 5.74) is 0.0691. The molecule has 2 heterocycles. The molecular weight excluding hydrogens is 418 g/mol. The molecule has 1 aliphatic rings. The Morgan fingerprint density at radius 2 is 1.94 bits per heavy atom. The second kappa shape index (κ2) is 7.81. The van der Waals surface area contributed by atoms with Crippen molar-refractivity contribution in [1.82, 2.24) is 14.7 Å². The number of carbonyl (C=O) groups is 1. The summed E-state index contributed by atoms with van der Waals surface area (Å²) in [6, 6.07) is 9.72. The number of sulfonamides is 1. The first-order chi connectivity index (χ1) is 14.8. The van der Waals surface area contributed by atoms with Crippen LogP contribution in [0.25, 0.3) is 10.9 Å². The number of nitrogens with one attached hydrogen (secondary N) is 1. The Bertz CT molecular complexity index is 1250. The first kappa shape index (κ1) is 21.0. The van der Waals surface area contributed by atoms with Crippen LogP contribution < -0.4 is 14.2 Å². The third-order valence-electron chi connectivity index (χ3n) is 5.24. The molecule has 162 valence electrons. The molecule has 0 bridgehead atoms. The van der Waals surface area contributed by atoms with E-state index in [2.05, 4.69) is 14.7 Å². The van der Waals surface area contributed by atoms with Crippen molar-refractivity contribution in [2.24, 2.45) is 0 Å². The van der Waals surface area contributed by atoms with E-state index in [4.69, 9.17) is 9.47 Å². The van der Waals surface area contributed by atoms with E-state index in [1.165, 1.54) is 19.4 Å². The number of nitrogens with zero attached hydrogens (tertiary/aromatic N) is 2.